The third-order valence-corrected chi connectivity index (χ3v) is 7.88. The van der Waals surface area contributed by atoms with Gasteiger partial charge in [0.15, 0.2) is 5.82 Å². The quantitative estimate of drug-likeness (QED) is 0.552. The van der Waals surface area contributed by atoms with E-state index in [1.165, 1.54) is 12.1 Å². The van der Waals surface area contributed by atoms with Crippen molar-refractivity contribution < 1.29 is 13.5 Å². The zero-order valence-corrected chi connectivity index (χ0v) is 20.4. The molecule has 2 bridgehead atoms. The maximum absolute atomic E-state index is 16.1. The van der Waals surface area contributed by atoms with Gasteiger partial charge in [-0.2, -0.15) is 9.97 Å². The van der Waals surface area contributed by atoms with E-state index in [1.54, 1.807) is 18.2 Å². The summed E-state index contributed by atoms with van der Waals surface area (Å²) in [5, 5.41) is 4.26. The Morgan fingerprint density at radius 3 is 2.60 bits per heavy atom. The first-order valence-electron chi connectivity index (χ1n) is 12.3. The molecule has 0 amide bonds. The number of benzene rings is 2. The second kappa shape index (κ2) is 9.15. The highest BCUT2D eigenvalue weighted by Crippen LogP contribution is 2.40. The second-order valence-corrected chi connectivity index (χ2v) is 10.3. The summed E-state index contributed by atoms with van der Waals surface area (Å²) < 4.78 is 36.7. The molecule has 0 saturated carbocycles. The topological polar surface area (TPSA) is 53.5 Å². The van der Waals surface area contributed by atoms with Crippen molar-refractivity contribution in [1.82, 2.24) is 20.2 Å². The average molecular weight is 500 g/mol. The zero-order valence-electron chi connectivity index (χ0n) is 19.6. The molecule has 3 atom stereocenters. The van der Waals surface area contributed by atoms with Gasteiger partial charge >= 0.3 is 6.01 Å². The Balaban J connectivity index is 1.47. The molecule has 6 nitrogen and oxygen atoms in total. The number of nitrogens with zero attached hydrogens (tertiary/aromatic N) is 4. The van der Waals surface area contributed by atoms with Crippen LogP contribution in [0.3, 0.4) is 0 Å². The highest BCUT2D eigenvalue weighted by atomic mass is 35.5. The Morgan fingerprint density at radius 1 is 1.11 bits per heavy atom. The SMILES string of the molecule is CN1CCC[C@H]1COc1nc(N2C[C@@H]3CC[C@@H](C2)N3)c2cc(Cl)c(-c3ccccc3F)c(F)c2n1. The van der Waals surface area contributed by atoms with Crippen LogP contribution in [-0.4, -0.2) is 66.3 Å². The highest BCUT2D eigenvalue weighted by molar-refractivity contribution is 6.34. The first-order valence-corrected chi connectivity index (χ1v) is 12.6. The van der Waals surface area contributed by atoms with Crippen molar-refractivity contribution in [1.29, 1.82) is 0 Å². The van der Waals surface area contributed by atoms with Crippen LogP contribution in [0.15, 0.2) is 30.3 Å². The third-order valence-electron chi connectivity index (χ3n) is 7.58. The van der Waals surface area contributed by atoms with Crippen molar-refractivity contribution in [3.63, 3.8) is 0 Å². The van der Waals surface area contributed by atoms with E-state index in [0.717, 1.165) is 45.3 Å². The number of nitrogens with one attached hydrogen (secondary N) is 1. The Kier molecular flexibility index (Phi) is 5.98. The van der Waals surface area contributed by atoms with E-state index in [4.69, 9.17) is 21.3 Å². The predicted molar refractivity (Wildman–Crippen MR) is 133 cm³/mol. The summed E-state index contributed by atoms with van der Waals surface area (Å²) in [6.07, 6.45) is 4.37. The lowest BCUT2D eigenvalue weighted by atomic mass is 10.0. The minimum absolute atomic E-state index is 0.00349. The van der Waals surface area contributed by atoms with E-state index in [2.05, 4.69) is 27.1 Å². The molecule has 0 unspecified atom stereocenters. The van der Waals surface area contributed by atoms with E-state index >= 15 is 4.39 Å². The summed E-state index contributed by atoms with van der Waals surface area (Å²) >= 11 is 6.57. The molecule has 2 aromatic carbocycles. The molecular weight excluding hydrogens is 472 g/mol. The van der Waals surface area contributed by atoms with Crippen LogP contribution in [0.1, 0.15) is 25.7 Å². The van der Waals surface area contributed by atoms with Gasteiger partial charge in [0.2, 0.25) is 0 Å². The molecule has 0 spiro atoms. The lowest BCUT2D eigenvalue weighted by Gasteiger charge is -2.34. The molecule has 0 radical (unpaired) electrons. The summed E-state index contributed by atoms with van der Waals surface area (Å²) in [7, 11) is 2.08. The van der Waals surface area contributed by atoms with Crippen LogP contribution < -0.4 is 15.0 Å². The molecule has 3 aliphatic heterocycles. The maximum Gasteiger partial charge on any atom is 0.319 e. The van der Waals surface area contributed by atoms with Crippen molar-refractivity contribution in [2.45, 2.75) is 43.8 Å². The van der Waals surface area contributed by atoms with E-state index in [-0.39, 0.29) is 33.7 Å². The lowest BCUT2D eigenvalue weighted by molar-refractivity contribution is 0.188. The van der Waals surface area contributed by atoms with Crippen molar-refractivity contribution >= 4 is 28.3 Å². The van der Waals surface area contributed by atoms with Crippen molar-refractivity contribution in [3.05, 3.63) is 47.0 Å². The monoisotopic (exact) mass is 499 g/mol. The van der Waals surface area contributed by atoms with E-state index in [1.807, 2.05) is 0 Å². The number of hydrogen-bond donors (Lipinski definition) is 1. The Morgan fingerprint density at radius 2 is 1.89 bits per heavy atom. The summed E-state index contributed by atoms with van der Waals surface area (Å²) in [4.78, 5) is 13.7. The van der Waals surface area contributed by atoms with Gasteiger partial charge in [-0.05, 0) is 51.4 Å². The normalized spacial score (nSPS) is 24.5. The van der Waals surface area contributed by atoms with Gasteiger partial charge in [-0.1, -0.05) is 29.8 Å². The Bertz CT molecular complexity index is 1260. The first kappa shape index (κ1) is 22.9. The van der Waals surface area contributed by atoms with Crippen molar-refractivity contribution in [2.24, 2.45) is 0 Å². The minimum atomic E-state index is -0.665. The van der Waals surface area contributed by atoms with Crippen LogP contribution in [0.5, 0.6) is 6.01 Å². The fourth-order valence-electron chi connectivity index (χ4n) is 5.71. The molecule has 3 saturated heterocycles. The van der Waals surface area contributed by atoms with Gasteiger partial charge in [0.1, 0.15) is 23.8 Å². The van der Waals surface area contributed by atoms with E-state index in [0.29, 0.717) is 29.9 Å². The van der Waals surface area contributed by atoms with Crippen LogP contribution in [0.2, 0.25) is 5.02 Å². The Labute approximate surface area is 208 Å². The number of rotatable bonds is 5. The fraction of sp³-hybridized carbons (Fsp3) is 0.462. The second-order valence-electron chi connectivity index (χ2n) is 9.88. The largest absolute Gasteiger partial charge is 0.462 e. The van der Waals surface area contributed by atoms with Gasteiger partial charge in [0, 0.05) is 47.7 Å². The molecule has 3 aliphatic rings. The third kappa shape index (κ3) is 4.21. The summed E-state index contributed by atoms with van der Waals surface area (Å²) in [5.74, 6) is -0.590. The summed E-state index contributed by atoms with van der Waals surface area (Å²) in [6.45, 7) is 2.99. The molecule has 35 heavy (non-hydrogen) atoms. The predicted octanol–water partition coefficient (Wildman–Crippen LogP) is 4.64. The molecule has 6 rings (SSSR count). The van der Waals surface area contributed by atoms with Gasteiger partial charge in [-0.3, -0.25) is 0 Å². The molecule has 3 aromatic rings. The zero-order chi connectivity index (χ0) is 24.1. The maximum atomic E-state index is 16.1. The van der Waals surface area contributed by atoms with Crippen molar-refractivity contribution in [2.75, 3.05) is 38.2 Å². The van der Waals surface area contributed by atoms with E-state index < -0.39 is 11.6 Å². The van der Waals surface area contributed by atoms with Crippen LogP contribution in [0.25, 0.3) is 22.0 Å². The standard InChI is InChI=1S/C26H28ClF2N5O/c1-33-10-4-5-17(33)14-35-26-31-24-19(25(32-26)34-12-15-8-9-16(13-34)30-15)11-20(27)22(23(24)29)18-6-2-3-7-21(18)28/h2-3,6-7,11,15-17,30H,4-5,8-10,12-14H2,1H3/t15-,16-,17-/m0/s1. The highest BCUT2D eigenvalue weighted by Gasteiger charge is 2.34. The number of halogens is 3. The number of aromatic nitrogens is 2. The number of hydrogen-bond acceptors (Lipinski definition) is 6. The van der Waals surface area contributed by atoms with Gasteiger partial charge in [0.25, 0.3) is 0 Å². The van der Waals surface area contributed by atoms with Crippen LogP contribution >= 0.6 is 11.6 Å². The number of likely N-dealkylation sites (N-methyl/N-ethyl adjacent to an activating group) is 1. The smallest absolute Gasteiger partial charge is 0.319 e. The summed E-state index contributed by atoms with van der Waals surface area (Å²) in [5.41, 5.74) is 0.203. The number of ether oxygens (including phenoxy) is 1. The number of fused-ring (bicyclic) bond motifs is 3. The van der Waals surface area contributed by atoms with Crippen LogP contribution in [0.4, 0.5) is 14.6 Å². The molecule has 1 aromatic heterocycles. The fourth-order valence-corrected chi connectivity index (χ4v) is 6.00. The molecule has 1 N–H and O–H groups in total. The molecule has 9 heteroatoms. The number of likely N-dealkylation sites (tertiary alicyclic amines) is 1. The van der Waals surface area contributed by atoms with Crippen LogP contribution in [0, 0.1) is 11.6 Å². The van der Waals surface area contributed by atoms with Gasteiger partial charge in [-0.15, -0.1) is 0 Å². The summed E-state index contributed by atoms with van der Waals surface area (Å²) in [6, 6.07) is 8.86. The molecular formula is C26H28ClF2N5O. The van der Waals surface area contributed by atoms with E-state index in [9.17, 15) is 4.39 Å². The molecule has 0 aliphatic carbocycles. The molecule has 184 valence electrons. The van der Waals surface area contributed by atoms with Crippen LogP contribution in [-0.2, 0) is 0 Å². The van der Waals surface area contributed by atoms with Gasteiger partial charge in [0.05, 0.1) is 5.02 Å². The minimum Gasteiger partial charge on any atom is -0.462 e. The van der Waals surface area contributed by atoms with Crippen molar-refractivity contribution in [3.8, 4) is 17.1 Å². The van der Waals surface area contributed by atoms with Gasteiger partial charge in [-0.25, -0.2) is 8.78 Å². The average Bonchev–Trinajstić information content (AvgIpc) is 3.42. The molecule has 3 fully saturated rings. The van der Waals surface area contributed by atoms with Gasteiger partial charge < -0.3 is 19.9 Å². The first-order chi connectivity index (χ1) is 17.0. The lowest BCUT2D eigenvalue weighted by Crippen LogP contribution is -2.51. The molecule has 4 heterocycles. The number of piperazine rings is 1. The Hall–Kier alpha value is -2.55. The number of anilines is 1.